The molecule has 0 radical (unpaired) electrons. The number of nitrogens with zero attached hydrogens (tertiary/aromatic N) is 1. The number of nitrogens with two attached hydrogens (primary N) is 1. The number of nitrogen functional groups attached to an aromatic ring is 1. The number of aliphatic hydroxyl groups is 1. The molecule has 84 valence electrons. The van der Waals surface area contributed by atoms with Crippen molar-refractivity contribution in [2.24, 2.45) is 0 Å². The quantitative estimate of drug-likeness (QED) is 0.646. The van der Waals surface area contributed by atoms with Crippen molar-refractivity contribution >= 4 is 22.4 Å². The van der Waals surface area contributed by atoms with Crippen molar-refractivity contribution in [3.8, 4) is 0 Å². The number of anilines is 1. The lowest BCUT2D eigenvalue weighted by molar-refractivity contribution is 0.0945. The second-order valence-corrected chi connectivity index (χ2v) is 4.21. The van der Waals surface area contributed by atoms with Crippen LogP contribution in [0.15, 0.2) is 5.38 Å². The van der Waals surface area contributed by atoms with Crippen LogP contribution in [0.2, 0.25) is 0 Å². The van der Waals surface area contributed by atoms with Crippen molar-refractivity contribution in [1.29, 1.82) is 0 Å². The van der Waals surface area contributed by atoms with E-state index in [1.165, 1.54) is 11.3 Å². The first-order valence-corrected chi connectivity index (χ1v) is 5.65. The van der Waals surface area contributed by atoms with Crippen molar-refractivity contribution < 1.29 is 9.90 Å². The minimum absolute atomic E-state index is 0.214. The molecule has 6 heteroatoms. The molecule has 0 saturated carbocycles. The fraction of sp³-hybridized carbons (Fsp3) is 0.556. The monoisotopic (exact) mass is 229 g/mol. The molecule has 1 rings (SSSR count). The van der Waals surface area contributed by atoms with E-state index in [4.69, 9.17) is 10.8 Å². The number of aromatic nitrogens is 1. The molecule has 1 heterocycles. The Labute approximate surface area is 92.3 Å². The molecule has 4 N–H and O–H groups in total. The minimum Gasteiger partial charge on any atom is -0.393 e. The van der Waals surface area contributed by atoms with Crippen LogP contribution in [0, 0.1) is 0 Å². The highest BCUT2D eigenvalue weighted by Crippen LogP contribution is 2.10. The van der Waals surface area contributed by atoms with Gasteiger partial charge in [-0.1, -0.05) is 0 Å². The van der Waals surface area contributed by atoms with E-state index in [1.807, 2.05) is 0 Å². The molecule has 0 saturated heterocycles. The van der Waals surface area contributed by atoms with Gasteiger partial charge in [-0.05, 0) is 19.8 Å². The van der Waals surface area contributed by atoms with Gasteiger partial charge >= 0.3 is 0 Å². The van der Waals surface area contributed by atoms with Crippen molar-refractivity contribution in [1.82, 2.24) is 10.3 Å². The maximum atomic E-state index is 11.4. The average Bonchev–Trinajstić information content (AvgIpc) is 2.59. The van der Waals surface area contributed by atoms with E-state index in [0.29, 0.717) is 23.8 Å². The number of rotatable bonds is 5. The van der Waals surface area contributed by atoms with Crippen LogP contribution in [-0.2, 0) is 0 Å². The summed E-state index contributed by atoms with van der Waals surface area (Å²) in [5, 5.41) is 13.7. The SMILES string of the molecule is CC(O)CCCNC(=O)c1csc(N)n1. The molecule has 0 aromatic carbocycles. The lowest BCUT2D eigenvalue weighted by Gasteiger charge is -2.04. The van der Waals surface area contributed by atoms with Gasteiger partial charge in [-0.3, -0.25) is 4.79 Å². The molecular weight excluding hydrogens is 214 g/mol. The van der Waals surface area contributed by atoms with Crippen molar-refractivity contribution in [2.75, 3.05) is 12.3 Å². The van der Waals surface area contributed by atoms with Crippen LogP contribution in [0.1, 0.15) is 30.3 Å². The Morgan fingerprint density at radius 2 is 2.53 bits per heavy atom. The van der Waals surface area contributed by atoms with Crippen LogP contribution >= 0.6 is 11.3 Å². The molecule has 0 bridgehead atoms. The Morgan fingerprint density at radius 1 is 1.80 bits per heavy atom. The Morgan fingerprint density at radius 3 is 3.07 bits per heavy atom. The molecular formula is C9H15N3O2S. The molecule has 0 fully saturated rings. The second-order valence-electron chi connectivity index (χ2n) is 3.32. The number of hydrogen-bond donors (Lipinski definition) is 3. The summed E-state index contributed by atoms with van der Waals surface area (Å²) in [6, 6.07) is 0. The summed E-state index contributed by atoms with van der Waals surface area (Å²) in [4.78, 5) is 15.3. The molecule has 1 amide bonds. The molecule has 0 aliphatic rings. The lowest BCUT2D eigenvalue weighted by Crippen LogP contribution is -2.25. The first-order chi connectivity index (χ1) is 7.09. The lowest BCUT2D eigenvalue weighted by atomic mass is 10.2. The fourth-order valence-electron chi connectivity index (χ4n) is 1.08. The summed E-state index contributed by atoms with van der Waals surface area (Å²) in [5.74, 6) is -0.214. The van der Waals surface area contributed by atoms with Crippen molar-refractivity contribution in [3.05, 3.63) is 11.1 Å². The molecule has 0 aliphatic heterocycles. The zero-order chi connectivity index (χ0) is 11.3. The molecule has 0 spiro atoms. The highest BCUT2D eigenvalue weighted by molar-refractivity contribution is 7.13. The van der Waals surface area contributed by atoms with Gasteiger partial charge in [0.25, 0.3) is 5.91 Å². The molecule has 0 aliphatic carbocycles. The van der Waals surface area contributed by atoms with Gasteiger partial charge in [-0.25, -0.2) is 4.98 Å². The summed E-state index contributed by atoms with van der Waals surface area (Å²) in [7, 11) is 0. The van der Waals surface area contributed by atoms with Gasteiger partial charge in [-0.2, -0.15) is 0 Å². The summed E-state index contributed by atoms with van der Waals surface area (Å²) < 4.78 is 0. The number of hydrogen-bond acceptors (Lipinski definition) is 5. The van der Waals surface area contributed by atoms with Gasteiger partial charge in [0, 0.05) is 11.9 Å². The van der Waals surface area contributed by atoms with E-state index >= 15 is 0 Å². The highest BCUT2D eigenvalue weighted by atomic mass is 32.1. The van der Waals surface area contributed by atoms with Gasteiger partial charge in [0.2, 0.25) is 0 Å². The van der Waals surface area contributed by atoms with E-state index in [2.05, 4.69) is 10.3 Å². The van der Waals surface area contributed by atoms with Crippen LogP contribution in [0.25, 0.3) is 0 Å². The van der Waals surface area contributed by atoms with Gasteiger partial charge in [-0.15, -0.1) is 11.3 Å². The van der Waals surface area contributed by atoms with E-state index in [0.717, 1.165) is 6.42 Å². The minimum atomic E-state index is -0.322. The smallest absolute Gasteiger partial charge is 0.270 e. The first kappa shape index (κ1) is 11.9. The summed E-state index contributed by atoms with van der Waals surface area (Å²) in [6.07, 6.45) is 1.11. The van der Waals surface area contributed by atoms with Crippen LogP contribution < -0.4 is 11.1 Å². The third kappa shape index (κ3) is 4.26. The standard InChI is InChI=1S/C9H15N3O2S/c1-6(13)3-2-4-11-8(14)7-5-15-9(10)12-7/h5-6,13H,2-4H2,1H3,(H2,10,12)(H,11,14). The van der Waals surface area contributed by atoms with E-state index in [9.17, 15) is 4.79 Å². The summed E-state index contributed by atoms with van der Waals surface area (Å²) in [5.41, 5.74) is 5.76. The van der Waals surface area contributed by atoms with Crippen molar-refractivity contribution in [3.63, 3.8) is 0 Å². The number of thiazole rings is 1. The fourth-order valence-corrected chi connectivity index (χ4v) is 1.63. The molecule has 15 heavy (non-hydrogen) atoms. The highest BCUT2D eigenvalue weighted by Gasteiger charge is 2.08. The molecule has 1 atom stereocenters. The van der Waals surface area contributed by atoms with Crippen LogP contribution in [0.4, 0.5) is 5.13 Å². The predicted molar refractivity (Wildman–Crippen MR) is 59.8 cm³/mol. The number of amides is 1. The van der Waals surface area contributed by atoms with Gasteiger partial charge in [0.15, 0.2) is 5.13 Å². The maximum Gasteiger partial charge on any atom is 0.270 e. The normalized spacial score (nSPS) is 12.4. The topological polar surface area (TPSA) is 88.2 Å². The Bertz CT molecular complexity index is 325. The summed E-state index contributed by atoms with van der Waals surface area (Å²) in [6.45, 7) is 2.27. The van der Waals surface area contributed by atoms with Gasteiger partial charge < -0.3 is 16.2 Å². The number of carbonyl (C=O) groups excluding carboxylic acids is 1. The van der Waals surface area contributed by atoms with Crippen LogP contribution in [0.3, 0.4) is 0 Å². The second kappa shape index (κ2) is 5.67. The van der Waals surface area contributed by atoms with Crippen molar-refractivity contribution in [2.45, 2.75) is 25.9 Å². The molecule has 5 nitrogen and oxygen atoms in total. The molecule has 1 aromatic rings. The summed E-state index contributed by atoms with van der Waals surface area (Å²) >= 11 is 1.24. The zero-order valence-corrected chi connectivity index (χ0v) is 9.38. The number of aliphatic hydroxyl groups excluding tert-OH is 1. The number of nitrogens with one attached hydrogen (secondary N) is 1. The third-order valence-corrected chi connectivity index (χ3v) is 2.51. The number of carbonyl (C=O) groups is 1. The van der Waals surface area contributed by atoms with Crippen LogP contribution in [-0.4, -0.2) is 28.6 Å². The largest absolute Gasteiger partial charge is 0.393 e. The van der Waals surface area contributed by atoms with Gasteiger partial charge in [0.1, 0.15) is 5.69 Å². The van der Waals surface area contributed by atoms with Gasteiger partial charge in [0.05, 0.1) is 6.10 Å². The average molecular weight is 229 g/mol. The third-order valence-electron chi connectivity index (χ3n) is 1.84. The Kier molecular flexibility index (Phi) is 4.51. The molecule has 1 aromatic heterocycles. The first-order valence-electron chi connectivity index (χ1n) is 4.77. The maximum absolute atomic E-state index is 11.4. The van der Waals surface area contributed by atoms with Crippen LogP contribution in [0.5, 0.6) is 0 Å². The molecule has 1 unspecified atom stereocenters. The Balaban J connectivity index is 2.25. The Hall–Kier alpha value is -1.14. The zero-order valence-electron chi connectivity index (χ0n) is 8.56. The predicted octanol–water partition coefficient (Wildman–Crippen LogP) is 0.616. The van der Waals surface area contributed by atoms with E-state index in [-0.39, 0.29) is 12.0 Å². The van der Waals surface area contributed by atoms with E-state index < -0.39 is 0 Å². The van der Waals surface area contributed by atoms with E-state index in [1.54, 1.807) is 12.3 Å².